The highest BCUT2D eigenvalue weighted by Crippen LogP contribution is 2.11. The molecule has 0 unspecified atom stereocenters. The van der Waals surface area contributed by atoms with E-state index in [1.54, 1.807) is 53.6 Å². The minimum absolute atomic E-state index is 0.125. The Bertz CT molecular complexity index is 1000. The van der Waals surface area contributed by atoms with Crippen LogP contribution in [0.5, 0.6) is 0 Å². The highest BCUT2D eigenvalue weighted by Gasteiger charge is 2.16. The van der Waals surface area contributed by atoms with Gasteiger partial charge in [-0.15, -0.1) is 0 Å². The topological polar surface area (TPSA) is 133 Å². The van der Waals surface area contributed by atoms with Crippen LogP contribution in [0.1, 0.15) is 16.1 Å². The van der Waals surface area contributed by atoms with Gasteiger partial charge in [0.1, 0.15) is 0 Å². The maximum atomic E-state index is 12.3. The van der Waals surface area contributed by atoms with Gasteiger partial charge in [0, 0.05) is 56.7 Å². The van der Waals surface area contributed by atoms with E-state index >= 15 is 0 Å². The van der Waals surface area contributed by atoms with Gasteiger partial charge in [0.05, 0.1) is 5.69 Å². The summed E-state index contributed by atoms with van der Waals surface area (Å²) in [6, 6.07) is 11.4. The lowest BCUT2D eigenvalue weighted by Gasteiger charge is -2.27. The molecule has 0 radical (unpaired) electrons. The summed E-state index contributed by atoms with van der Waals surface area (Å²) >= 11 is 0. The molecule has 172 valence electrons. The first-order valence-corrected chi connectivity index (χ1v) is 10.6. The average molecular weight is 450 g/mol. The van der Waals surface area contributed by atoms with Crippen molar-refractivity contribution >= 4 is 35.4 Å². The van der Waals surface area contributed by atoms with E-state index < -0.39 is 11.8 Å². The second kappa shape index (κ2) is 12.1. The number of rotatable bonds is 7. The van der Waals surface area contributed by atoms with Crippen molar-refractivity contribution in [2.24, 2.45) is 0 Å². The number of ketones is 1. The Balaban J connectivity index is 1.39. The van der Waals surface area contributed by atoms with Crippen LogP contribution >= 0.6 is 0 Å². The van der Waals surface area contributed by atoms with Gasteiger partial charge >= 0.3 is 17.8 Å². The molecule has 3 rings (SSSR count). The summed E-state index contributed by atoms with van der Waals surface area (Å²) in [5, 5.41) is 10.8. The largest absolute Gasteiger partial charge is 0.346 e. The summed E-state index contributed by atoms with van der Waals surface area (Å²) in [4.78, 5) is 54.0. The van der Waals surface area contributed by atoms with E-state index in [2.05, 4.69) is 26.3 Å². The van der Waals surface area contributed by atoms with Gasteiger partial charge in [0.2, 0.25) is 0 Å². The number of hydrogen-bond donors (Lipinski definition) is 4. The van der Waals surface area contributed by atoms with Gasteiger partial charge in [0.25, 0.3) is 0 Å². The number of allylic oxidation sites excluding steroid dienone is 1. The number of benzene rings is 1. The van der Waals surface area contributed by atoms with Crippen molar-refractivity contribution in [3.05, 3.63) is 66.0 Å². The third kappa shape index (κ3) is 7.54. The van der Waals surface area contributed by atoms with Gasteiger partial charge in [-0.05, 0) is 48.6 Å². The van der Waals surface area contributed by atoms with Crippen LogP contribution in [0, 0.1) is 0 Å². The first-order chi connectivity index (χ1) is 16.0. The van der Waals surface area contributed by atoms with Gasteiger partial charge in [-0.1, -0.05) is 6.07 Å². The van der Waals surface area contributed by atoms with E-state index in [0.717, 1.165) is 13.1 Å². The van der Waals surface area contributed by atoms with Crippen molar-refractivity contribution in [3.63, 3.8) is 0 Å². The molecule has 2 heterocycles. The fourth-order valence-corrected chi connectivity index (χ4v) is 3.04. The van der Waals surface area contributed by atoms with Crippen molar-refractivity contribution < 1.29 is 19.2 Å². The van der Waals surface area contributed by atoms with Crippen molar-refractivity contribution in [1.29, 1.82) is 0 Å². The number of carbonyl (C=O) groups excluding carboxylic acids is 4. The third-order valence-corrected chi connectivity index (χ3v) is 4.82. The SMILES string of the molecule is O=C(NCCNC(=O)N1CCNCC1)C(=O)Nc1ccc(C(=O)C=Cc2ccccn2)cc1. The lowest BCUT2D eigenvalue weighted by Crippen LogP contribution is -2.51. The van der Waals surface area contributed by atoms with Gasteiger partial charge in [-0.3, -0.25) is 19.4 Å². The Hall–Kier alpha value is -4.05. The van der Waals surface area contributed by atoms with Crippen LogP contribution in [-0.4, -0.2) is 72.8 Å². The van der Waals surface area contributed by atoms with Crippen molar-refractivity contribution in [3.8, 4) is 0 Å². The van der Waals surface area contributed by atoms with Gasteiger partial charge in [0.15, 0.2) is 5.78 Å². The van der Waals surface area contributed by atoms with Crippen LogP contribution in [-0.2, 0) is 9.59 Å². The van der Waals surface area contributed by atoms with Crippen molar-refractivity contribution in [2.45, 2.75) is 0 Å². The monoisotopic (exact) mass is 450 g/mol. The van der Waals surface area contributed by atoms with E-state index in [4.69, 9.17) is 0 Å². The second-order valence-corrected chi connectivity index (χ2v) is 7.21. The van der Waals surface area contributed by atoms with Crippen LogP contribution in [0.25, 0.3) is 6.08 Å². The zero-order chi connectivity index (χ0) is 23.5. The molecule has 1 aromatic carbocycles. The summed E-state index contributed by atoms with van der Waals surface area (Å²) in [6.45, 7) is 3.10. The van der Waals surface area contributed by atoms with E-state index in [9.17, 15) is 19.2 Å². The zero-order valence-corrected chi connectivity index (χ0v) is 18.0. The smallest absolute Gasteiger partial charge is 0.317 e. The molecule has 4 amide bonds. The van der Waals surface area contributed by atoms with E-state index in [0.29, 0.717) is 30.0 Å². The number of urea groups is 1. The van der Waals surface area contributed by atoms with Crippen molar-refractivity contribution in [1.82, 2.24) is 25.8 Å². The summed E-state index contributed by atoms with van der Waals surface area (Å²) in [5.41, 5.74) is 1.49. The molecule has 0 aliphatic carbocycles. The lowest BCUT2D eigenvalue weighted by molar-refractivity contribution is -0.136. The standard InChI is InChI=1S/C23H26N6O4/c30-20(9-8-18-3-1-2-10-25-18)17-4-6-19(7-5-17)28-22(32)21(31)26-11-12-27-23(33)29-15-13-24-14-16-29/h1-10,24H,11-16H2,(H,26,31)(H,27,33)(H,28,32). The summed E-state index contributed by atoms with van der Waals surface area (Å²) in [6.07, 6.45) is 4.68. The molecular weight excluding hydrogens is 424 g/mol. The highest BCUT2D eigenvalue weighted by molar-refractivity contribution is 6.39. The molecular formula is C23H26N6O4. The first kappa shape index (κ1) is 23.6. The third-order valence-electron chi connectivity index (χ3n) is 4.82. The first-order valence-electron chi connectivity index (χ1n) is 10.6. The fraction of sp³-hybridized carbons (Fsp3) is 0.261. The Labute approximate surface area is 191 Å². The maximum absolute atomic E-state index is 12.3. The molecule has 0 atom stereocenters. The number of piperazine rings is 1. The summed E-state index contributed by atoms with van der Waals surface area (Å²) in [5.74, 6) is -1.86. The number of nitrogens with zero attached hydrogens (tertiary/aromatic N) is 2. The number of anilines is 1. The Morgan fingerprint density at radius 3 is 2.36 bits per heavy atom. The van der Waals surface area contributed by atoms with Crippen LogP contribution < -0.4 is 21.3 Å². The molecule has 0 spiro atoms. The van der Waals surface area contributed by atoms with Gasteiger partial charge < -0.3 is 26.2 Å². The van der Waals surface area contributed by atoms with Gasteiger partial charge in [-0.25, -0.2) is 4.79 Å². The molecule has 4 N–H and O–H groups in total. The average Bonchev–Trinajstić information content (AvgIpc) is 2.86. The predicted octanol–water partition coefficient (Wildman–Crippen LogP) is 0.647. The lowest BCUT2D eigenvalue weighted by atomic mass is 10.1. The zero-order valence-electron chi connectivity index (χ0n) is 18.0. The Kier molecular flexibility index (Phi) is 8.66. The predicted molar refractivity (Wildman–Crippen MR) is 124 cm³/mol. The minimum Gasteiger partial charge on any atom is -0.346 e. The molecule has 1 fully saturated rings. The van der Waals surface area contributed by atoms with Gasteiger partial charge in [-0.2, -0.15) is 0 Å². The minimum atomic E-state index is -0.836. The van der Waals surface area contributed by atoms with E-state index in [1.807, 2.05) is 6.07 Å². The van der Waals surface area contributed by atoms with Crippen LogP contribution in [0.2, 0.25) is 0 Å². The molecule has 10 heteroatoms. The molecule has 10 nitrogen and oxygen atoms in total. The quantitative estimate of drug-likeness (QED) is 0.212. The van der Waals surface area contributed by atoms with Crippen LogP contribution in [0.15, 0.2) is 54.7 Å². The number of aromatic nitrogens is 1. The van der Waals surface area contributed by atoms with Crippen LogP contribution in [0.4, 0.5) is 10.5 Å². The second-order valence-electron chi connectivity index (χ2n) is 7.21. The molecule has 0 saturated carbocycles. The molecule has 1 aromatic heterocycles. The number of hydrogen-bond acceptors (Lipinski definition) is 6. The summed E-state index contributed by atoms with van der Waals surface area (Å²) in [7, 11) is 0. The Morgan fingerprint density at radius 2 is 1.67 bits per heavy atom. The van der Waals surface area contributed by atoms with Crippen molar-refractivity contribution in [2.75, 3.05) is 44.6 Å². The van der Waals surface area contributed by atoms with E-state index in [-0.39, 0.29) is 24.9 Å². The van der Waals surface area contributed by atoms with Crippen LogP contribution in [0.3, 0.4) is 0 Å². The molecule has 1 aliphatic rings. The highest BCUT2D eigenvalue weighted by atomic mass is 16.2. The normalized spacial score (nSPS) is 13.4. The molecule has 33 heavy (non-hydrogen) atoms. The maximum Gasteiger partial charge on any atom is 0.317 e. The number of carbonyl (C=O) groups is 4. The molecule has 1 aliphatic heterocycles. The number of pyridine rings is 1. The molecule has 0 bridgehead atoms. The van der Waals surface area contributed by atoms with E-state index in [1.165, 1.54) is 6.08 Å². The number of amides is 4. The fourth-order valence-electron chi connectivity index (χ4n) is 3.04. The summed E-state index contributed by atoms with van der Waals surface area (Å²) < 4.78 is 0. The number of nitrogens with one attached hydrogen (secondary N) is 4. The molecule has 2 aromatic rings. The molecule has 1 saturated heterocycles. The Morgan fingerprint density at radius 1 is 0.939 bits per heavy atom.